The van der Waals surface area contributed by atoms with E-state index in [9.17, 15) is 18.0 Å². The lowest BCUT2D eigenvalue weighted by Gasteiger charge is -2.35. The highest BCUT2D eigenvalue weighted by Gasteiger charge is 2.36. The number of rotatable bonds is 3. The number of aromatic nitrogens is 1. The van der Waals surface area contributed by atoms with Crippen molar-refractivity contribution in [3.05, 3.63) is 11.5 Å². The second kappa shape index (κ2) is 6.17. The molecule has 2 fully saturated rings. The fraction of sp³-hybridized carbons (Fsp3) is 0.643. The summed E-state index contributed by atoms with van der Waals surface area (Å²) >= 11 is 0. The fourth-order valence-electron chi connectivity index (χ4n) is 3.14. The third-order valence-electron chi connectivity index (χ3n) is 4.41. The Hall–Kier alpha value is -1.94. The average molecular weight is 356 g/mol. The molecule has 1 unspecified atom stereocenters. The lowest BCUT2D eigenvalue weighted by atomic mass is 10.2. The van der Waals surface area contributed by atoms with E-state index < -0.39 is 16.1 Å². The Kier molecular flexibility index (Phi) is 4.35. The standard InChI is InChI=1S/C14H20N4O5S/c1-9-13(10(2)23-16-9)24(21,22)18-7-5-17(6-8-18)14(20)11-3-4-12(19)15-11/h11H,3-8H2,1-2H3,(H,15,19). The van der Waals surface area contributed by atoms with Gasteiger partial charge in [0.1, 0.15) is 16.6 Å². The smallest absolute Gasteiger partial charge is 0.248 e. The topological polar surface area (TPSA) is 113 Å². The van der Waals surface area contributed by atoms with E-state index in [1.54, 1.807) is 18.7 Å². The Morgan fingerprint density at radius 2 is 1.92 bits per heavy atom. The van der Waals surface area contributed by atoms with Crippen molar-refractivity contribution in [2.24, 2.45) is 0 Å². The summed E-state index contributed by atoms with van der Waals surface area (Å²) in [6.07, 6.45) is 0.853. The predicted molar refractivity (Wildman–Crippen MR) is 82.5 cm³/mol. The van der Waals surface area contributed by atoms with Gasteiger partial charge in [-0.25, -0.2) is 8.42 Å². The normalized spacial score (nSPS) is 22.7. The van der Waals surface area contributed by atoms with E-state index in [4.69, 9.17) is 4.52 Å². The minimum absolute atomic E-state index is 0.102. The number of carbonyl (C=O) groups excluding carboxylic acids is 2. The molecule has 0 aliphatic carbocycles. The monoisotopic (exact) mass is 356 g/mol. The molecule has 2 aliphatic heterocycles. The van der Waals surface area contributed by atoms with E-state index in [-0.39, 0.29) is 35.6 Å². The number of aryl methyl sites for hydroxylation is 2. The zero-order valence-corrected chi connectivity index (χ0v) is 14.4. The van der Waals surface area contributed by atoms with Crippen LogP contribution < -0.4 is 5.32 Å². The molecule has 9 nitrogen and oxygen atoms in total. The number of hydrogen-bond donors (Lipinski definition) is 1. The van der Waals surface area contributed by atoms with Gasteiger partial charge < -0.3 is 14.7 Å². The molecular weight excluding hydrogens is 336 g/mol. The molecule has 0 spiro atoms. The largest absolute Gasteiger partial charge is 0.360 e. The van der Waals surface area contributed by atoms with Crippen molar-refractivity contribution in [3.8, 4) is 0 Å². The van der Waals surface area contributed by atoms with Crippen molar-refractivity contribution in [3.63, 3.8) is 0 Å². The molecule has 132 valence electrons. The molecule has 0 bridgehead atoms. The average Bonchev–Trinajstić information content (AvgIpc) is 3.12. The molecule has 0 radical (unpaired) electrons. The van der Waals surface area contributed by atoms with Crippen molar-refractivity contribution in [2.75, 3.05) is 26.2 Å². The van der Waals surface area contributed by atoms with Crippen LogP contribution >= 0.6 is 0 Å². The Bertz CT molecular complexity index is 745. The van der Waals surface area contributed by atoms with Crippen LogP contribution in [-0.4, -0.2) is 66.8 Å². The van der Waals surface area contributed by atoms with Crippen LogP contribution in [0.5, 0.6) is 0 Å². The molecule has 3 heterocycles. The van der Waals surface area contributed by atoms with Gasteiger partial charge in [-0.1, -0.05) is 5.16 Å². The van der Waals surface area contributed by atoms with Crippen LogP contribution in [0, 0.1) is 13.8 Å². The quantitative estimate of drug-likeness (QED) is 0.774. The fourth-order valence-corrected chi connectivity index (χ4v) is 4.85. The first kappa shape index (κ1) is 16.9. The van der Waals surface area contributed by atoms with Gasteiger partial charge in [0, 0.05) is 32.6 Å². The van der Waals surface area contributed by atoms with E-state index in [2.05, 4.69) is 10.5 Å². The zero-order chi connectivity index (χ0) is 17.5. The highest BCUT2D eigenvalue weighted by molar-refractivity contribution is 7.89. The van der Waals surface area contributed by atoms with Crippen LogP contribution in [0.15, 0.2) is 9.42 Å². The van der Waals surface area contributed by atoms with Gasteiger partial charge >= 0.3 is 0 Å². The van der Waals surface area contributed by atoms with Crippen LogP contribution in [0.2, 0.25) is 0 Å². The second-order valence-corrected chi connectivity index (χ2v) is 7.92. The van der Waals surface area contributed by atoms with Crippen molar-refractivity contribution in [1.82, 2.24) is 19.7 Å². The van der Waals surface area contributed by atoms with Gasteiger partial charge in [-0.2, -0.15) is 4.31 Å². The van der Waals surface area contributed by atoms with Crippen LogP contribution in [0.1, 0.15) is 24.3 Å². The van der Waals surface area contributed by atoms with Crippen LogP contribution in [0.4, 0.5) is 0 Å². The Morgan fingerprint density at radius 1 is 1.25 bits per heavy atom. The van der Waals surface area contributed by atoms with Crippen molar-refractivity contribution < 1.29 is 22.5 Å². The minimum Gasteiger partial charge on any atom is -0.360 e. The summed E-state index contributed by atoms with van der Waals surface area (Å²) in [5.74, 6) is 0.00267. The third-order valence-corrected chi connectivity index (χ3v) is 6.55. The first-order chi connectivity index (χ1) is 11.3. The number of nitrogens with zero attached hydrogens (tertiary/aromatic N) is 3. The van der Waals surface area contributed by atoms with Crippen LogP contribution in [-0.2, 0) is 19.6 Å². The highest BCUT2D eigenvalue weighted by Crippen LogP contribution is 2.24. The maximum atomic E-state index is 12.7. The predicted octanol–water partition coefficient (Wildman–Crippen LogP) is -0.597. The van der Waals surface area contributed by atoms with Gasteiger partial charge in [-0.05, 0) is 20.3 Å². The van der Waals surface area contributed by atoms with Gasteiger partial charge in [0.05, 0.1) is 0 Å². The van der Waals surface area contributed by atoms with Gasteiger partial charge in [-0.3, -0.25) is 9.59 Å². The maximum Gasteiger partial charge on any atom is 0.248 e. The molecule has 0 saturated carbocycles. The lowest BCUT2D eigenvalue weighted by Crippen LogP contribution is -2.54. The highest BCUT2D eigenvalue weighted by atomic mass is 32.2. The summed E-state index contributed by atoms with van der Waals surface area (Å²) < 4.78 is 31.8. The van der Waals surface area contributed by atoms with Crippen molar-refractivity contribution in [2.45, 2.75) is 37.6 Å². The Morgan fingerprint density at radius 3 is 2.42 bits per heavy atom. The van der Waals surface area contributed by atoms with Crippen molar-refractivity contribution in [1.29, 1.82) is 0 Å². The lowest BCUT2D eigenvalue weighted by molar-refractivity contribution is -0.135. The molecule has 1 aromatic rings. The van der Waals surface area contributed by atoms with E-state index in [1.165, 1.54) is 4.31 Å². The van der Waals surface area contributed by atoms with Crippen LogP contribution in [0.3, 0.4) is 0 Å². The van der Waals surface area contributed by atoms with Gasteiger partial charge in [0.2, 0.25) is 21.8 Å². The molecule has 24 heavy (non-hydrogen) atoms. The number of carbonyl (C=O) groups is 2. The maximum absolute atomic E-state index is 12.7. The summed E-state index contributed by atoms with van der Waals surface area (Å²) in [5.41, 5.74) is 0.333. The molecule has 10 heteroatoms. The Labute approximate surface area is 140 Å². The zero-order valence-electron chi connectivity index (χ0n) is 13.6. The molecular formula is C14H20N4O5S. The molecule has 2 saturated heterocycles. The SMILES string of the molecule is Cc1noc(C)c1S(=O)(=O)N1CCN(C(=O)C2CCC(=O)N2)CC1. The Balaban J connectivity index is 1.67. The van der Waals surface area contributed by atoms with Gasteiger partial charge in [-0.15, -0.1) is 0 Å². The van der Waals surface area contributed by atoms with Crippen molar-refractivity contribution >= 4 is 21.8 Å². The molecule has 1 aromatic heterocycles. The molecule has 1 atom stereocenters. The van der Waals surface area contributed by atoms with E-state index in [0.29, 0.717) is 31.6 Å². The number of hydrogen-bond acceptors (Lipinski definition) is 6. The first-order valence-electron chi connectivity index (χ1n) is 7.82. The number of piperazine rings is 1. The molecule has 1 N–H and O–H groups in total. The van der Waals surface area contributed by atoms with Crippen LogP contribution in [0.25, 0.3) is 0 Å². The van der Waals surface area contributed by atoms with E-state index >= 15 is 0 Å². The molecule has 2 aliphatic rings. The summed E-state index contributed by atoms with van der Waals surface area (Å²) in [6.45, 7) is 4.17. The van der Waals surface area contributed by atoms with E-state index in [0.717, 1.165) is 0 Å². The van der Waals surface area contributed by atoms with E-state index in [1.807, 2.05) is 0 Å². The summed E-state index contributed by atoms with van der Waals surface area (Å²) in [5, 5.41) is 6.34. The number of nitrogens with one attached hydrogen (secondary N) is 1. The molecule has 2 amide bonds. The molecule has 3 rings (SSSR count). The third kappa shape index (κ3) is 2.91. The summed E-state index contributed by atoms with van der Waals surface area (Å²) in [6, 6.07) is -0.483. The number of sulfonamides is 1. The number of amides is 2. The molecule has 0 aromatic carbocycles. The van der Waals surface area contributed by atoms with Gasteiger partial charge in [0.25, 0.3) is 0 Å². The first-order valence-corrected chi connectivity index (χ1v) is 9.26. The summed E-state index contributed by atoms with van der Waals surface area (Å²) in [4.78, 5) is 25.3. The van der Waals surface area contributed by atoms with Gasteiger partial charge in [0.15, 0.2) is 5.76 Å². The summed E-state index contributed by atoms with van der Waals surface area (Å²) in [7, 11) is -3.69. The second-order valence-electron chi connectivity index (χ2n) is 6.04. The minimum atomic E-state index is -3.69.